The normalized spacial score (nSPS) is 27.4. The van der Waals surface area contributed by atoms with E-state index < -0.39 is 27.8 Å². The smallest absolute Gasteiger partial charge is 0.211 e. The Labute approximate surface area is 196 Å². The van der Waals surface area contributed by atoms with Gasteiger partial charge in [-0.1, -0.05) is 5.21 Å². The van der Waals surface area contributed by atoms with Crippen molar-refractivity contribution < 1.29 is 22.3 Å². The molecule has 0 amide bonds. The Morgan fingerprint density at radius 1 is 1.32 bits per heavy atom. The van der Waals surface area contributed by atoms with Crippen molar-refractivity contribution in [2.45, 2.75) is 50.0 Å². The number of aromatic nitrogens is 4. The van der Waals surface area contributed by atoms with E-state index in [0.717, 1.165) is 29.1 Å². The molecule has 180 valence electrons. The van der Waals surface area contributed by atoms with Crippen LogP contribution in [0.3, 0.4) is 0 Å². The summed E-state index contributed by atoms with van der Waals surface area (Å²) in [7, 11) is -3.51. The molecular weight excluding hydrogens is 461 g/mol. The fourth-order valence-electron chi connectivity index (χ4n) is 5.84. The standard InChI is InChI=1S/C23H26FN5O4S/c1-15(33-17-3-4-20-19(7-17)18-5-6-32-10-16(18)8-25-20)21-9-28(27-26-21)23-11-22(12-23,13-24)29(14-23)34(2,30)31/h3-4,7-9,15H,5-6,10-14H2,1-2H3/t15-,22?,23?/m1/s1. The van der Waals surface area contributed by atoms with Gasteiger partial charge in [-0.2, -0.15) is 4.31 Å². The molecule has 0 spiro atoms. The Kier molecular flexibility index (Phi) is 4.78. The first-order valence-electron chi connectivity index (χ1n) is 11.3. The lowest BCUT2D eigenvalue weighted by molar-refractivity contribution is 0.0619. The molecule has 4 aliphatic rings. The molecule has 1 atom stereocenters. The third kappa shape index (κ3) is 3.24. The number of ether oxygens (including phenoxy) is 2. The summed E-state index contributed by atoms with van der Waals surface area (Å²) in [6.07, 6.45) is 6.06. The number of halogens is 1. The van der Waals surface area contributed by atoms with Crippen LogP contribution in [0.25, 0.3) is 10.9 Å². The first kappa shape index (κ1) is 21.9. The van der Waals surface area contributed by atoms with Gasteiger partial charge in [0.15, 0.2) is 0 Å². The Balaban J connectivity index is 1.23. The molecule has 1 aliphatic carbocycles. The lowest BCUT2D eigenvalue weighted by atomic mass is 9.68. The van der Waals surface area contributed by atoms with Gasteiger partial charge in [0, 0.05) is 18.1 Å². The number of benzene rings is 1. The predicted molar refractivity (Wildman–Crippen MR) is 122 cm³/mol. The van der Waals surface area contributed by atoms with Crippen molar-refractivity contribution in [3.63, 3.8) is 0 Å². The Morgan fingerprint density at radius 2 is 2.15 bits per heavy atom. The summed E-state index contributed by atoms with van der Waals surface area (Å²) in [4.78, 5) is 4.53. The van der Waals surface area contributed by atoms with E-state index in [1.54, 1.807) is 10.9 Å². The van der Waals surface area contributed by atoms with Gasteiger partial charge in [-0.05, 0) is 55.5 Å². The van der Waals surface area contributed by atoms with Crippen LogP contribution in [0.15, 0.2) is 30.6 Å². The molecule has 5 heterocycles. The van der Waals surface area contributed by atoms with E-state index in [1.165, 1.54) is 9.87 Å². The lowest BCUT2D eigenvalue weighted by Crippen LogP contribution is -2.55. The number of fused-ring (bicyclic) bond motifs is 4. The fraction of sp³-hybridized carbons (Fsp3) is 0.522. The van der Waals surface area contributed by atoms with Crippen molar-refractivity contribution in [2.75, 3.05) is 26.1 Å². The van der Waals surface area contributed by atoms with Crippen LogP contribution in [0.2, 0.25) is 0 Å². The van der Waals surface area contributed by atoms with Gasteiger partial charge in [0.1, 0.15) is 24.2 Å². The third-order valence-corrected chi connectivity index (χ3v) is 8.77. The number of hydrogen-bond donors (Lipinski definition) is 0. The molecule has 3 aromatic rings. The van der Waals surface area contributed by atoms with E-state index >= 15 is 0 Å². The predicted octanol–water partition coefficient (Wildman–Crippen LogP) is 2.51. The van der Waals surface area contributed by atoms with Crippen LogP contribution >= 0.6 is 0 Å². The average Bonchev–Trinajstić information content (AvgIpc) is 3.50. The molecule has 2 aromatic heterocycles. The quantitative estimate of drug-likeness (QED) is 0.527. The highest BCUT2D eigenvalue weighted by molar-refractivity contribution is 7.88. The van der Waals surface area contributed by atoms with Gasteiger partial charge in [0.05, 0.1) is 42.3 Å². The van der Waals surface area contributed by atoms with E-state index in [1.807, 2.05) is 31.3 Å². The molecule has 34 heavy (non-hydrogen) atoms. The average molecular weight is 488 g/mol. The molecule has 0 unspecified atom stereocenters. The number of nitrogens with zero attached hydrogens (tertiary/aromatic N) is 5. The van der Waals surface area contributed by atoms with E-state index in [-0.39, 0.29) is 12.6 Å². The Hall–Kier alpha value is -2.63. The summed E-state index contributed by atoms with van der Waals surface area (Å²) in [6, 6.07) is 5.85. The molecule has 1 aromatic carbocycles. The largest absolute Gasteiger partial charge is 0.484 e. The molecule has 1 saturated carbocycles. The number of hydrogen-bond acceptors (Lipinski definition) is 7. The first-order valence-corrected chi connectivity index (χ1v) is 13.2. The maximum absolute atomic E-state index is 13.8. The van der Waals surface area contributed by atoms with Crippen LogP contribution in [-0.4, -0.2) is 64.3 Å². The van der Waals surface area contributed by atoms with E-state index in [2.05, 4.69) is 15.3 Å². The molecule has 2 bridgehead atoms. The van der Waals surface area contributed by atoms with Crippen LogP contribution in [0.1, 0.15) is 42.7 Å². The van der Waals surface area contributed by atoms with Crippen LogP contribution in [0, 0.1) is 0 Å². The second-order valence-electron chi connectivity index (χ2n) is 9.80. The summed E-state index contributed by atoms with van der Waals surface area (Å²) >= 11 is 0. The highest BCUT2D eigenvalue weighted by Gasteiger charge is 2.69. The second-order valence-corrected chi connectivity index (χ2v) is 11.7. The van der Waals surface area contributed by atoms with Crippen molar-refractivity contribution in [3.8, 4) is 5.75 Å². The van der Waals surface area contributed by atoms with Gasteiger partial charge in [-0.3, -0.25) is 4.98 Å². The van der Waals surface area contributed by atoms with Crippen LogP contribution < -0.4 is 4.74 Å². The SMILES string of the molecule is C[C@@H](Oc1ccc2ncc3c(c2c1)CCOC3)c1cn(C23CN(S(C)(=O)=O)C(CF)(C2)C3)nn1. The summed E-state index contributed by atoms with van der Waals surface area (Å²) in [5.41, 5.74) is 2.39. The number of rotatable bonds is 6. The first-order chi connectivity index (χ1) is 16.2. The summed E-state index contributed by atoms with van der Waals surface area (Å²) in [5.74, 6) is 0.707. The zero-order chi connectivity index (χ0) is 23.7. The molecule has 3 fully saturated rings. The van der Waals surface area contributed by atoms with E-state index in [9.17, 15) is 12.8 Å². The van der Waals surface area contributed by atoms with Crippen molar-refractivity contribution in [2.24, 2.45) is 0 Å². The molecule has 11 heteroatoms. The minimum Gasteiger partial charge on any atom is -0.484 e. The minimum absolute atomic E-state index is 0.209. The monoisotopic (exact) mass is 487 g/mol. The maximum Gasteiger partial charge on any atom is 0.211 e. The van der Waals surface area contributed by atoms with Crippen LogP contribution in [-0.2, 0) is 33.3 Å². The fourth-order valence-corrected chi connectivity index (χ4v) is 7.19. The Bertz CT molecular complexity index is 1390. The molecule has 2 saturated heterocycles. The second kappa shape index (κ2) is 7.43. The molecule has 9 nitrogen and oxygen atoms in total. The van der Waals surface area contributed by atoms with Crippen molar-refractivity contribution in [3.05, 3.63) is 47.4 Å². The van der Waals surface area contributed by atoms with Gasteiger partial charge in [-0.25, -0.2) is 17.5 Å². The highest BCUT2D eigenvalue weighted by Crippen LogP contribution is 2.58. The Morgan fingerprint density at radius 3 is 2.88 bits per heavy atom. The van der Waals surface area contributed by atoms with Gasteiger partial charge in [0.25, 0.3) is 0 Å². The van der Waals surface area contributed by atoms with E-state index in [4.69, 9.17) is 9.47 Å². The molecule has 0 radical (unpaired) electrons. The number of pyridine rings is 1. The summed E-state index contributed by atoms with van der Waals surface area (Å²) in [6.45, 7) is 2.67. The van der Waals surface area contributed by atoms with Crippen molar-refractivity contribution in [1.82, 2.24) is 24.3 Å². The third-order valence-electron chi connectivity index (χ3n) is 7.45. The highest BCUT2D eigenvalue weighted by atomic mass is 32.2. The zero-order valence-electron chi connectivity index (χ0n) is 19.1. The zero-order valence-corrected chi connectivity index (χ0v) is 19.9. The lowest BCUT2D eigenvalue weighted by Gasteiger charge is -2.45. The van der Waals surface area contributed by atoms with Gasteiger partial charge >= 0.3 is 0 Å². The summed E-state index contributed by atoms with van der Waals surface area (Å²) in [5, 5.41) is 9.64. The van der Waals surface area contributed by atoms with E-state index in [0.29, 0.717) is 37.5 Å². The minimum atomic E-state index is -3.51. The molecular formula is C23H26FN5O4S. The van der Waals surface area contributed by atoms with Crippen LogP contribution in [0.5, 0.6) is 5.75 Å². The number of alkyl halides is 1. The van der Waals surface area contributed by atoms with Gasteiger partial charge < -0.3 is 9.47 Å². The summed E-state index contributed by atoms with van der Waals surface area (Å²) < 4.78 is 52.9. The maximum atomic E-state index is 13.8. The van der Waals surface area contributed by atoms with Crippen molar-refractivity contribution in [1.29, 1.82) is 0 Å². The van der Waals surface area contributed by atoms with Gasteiger partial charge in [0.2, 0.25) is 10.0 Å². The molecule has 7 rings (SSSR count). The molecule has 0 N–H and O–H groups in total. The van der Waals surface area contributed by atoms with Crippen LogP contribution in [0.4, 0.5) is 4.39 Å². The number of sulfonamides is 1. The van der Waals surface area contributed by atoms with Gasteiger partial charge in [-0.15, -0.1) is 5.10 Å². The van der Waals surface area contributed by atoms with Crippen molar-refractivity contribution >= 4 is 20.9 Å². The molecule has 3 aliphatic heterocycles. The topological polar surface area (TPSA) is 99.4 Å².